The van der Waals surface area contributed by atoms with Crippen LogP contribution in [0, 0.1) is 0 Å². The second kappa shape index (κ2) is 6.86. The van der Waals surface area contributed by atoms with Gasteiger partial charge in [0.1, 0.15) is 12.7 Å². The van der Waals surface area contributed by atoms with Gasteiger partial charge in [-0.15, -0.1) is 0 Å². The SMILES string of the molecule is CCN(CC)CC(O)COC(C)=O. The number of hydrogen-bond donors (Lipinski definition) is 1. The normalized spacial score (nSPS) is 13.0. The fourth-order valence-electron chi connectivity index (χ4n) is 1.05. The molecule has 0 aromatic heterocycles. The monoisotopic (exact) mass is 189 g/mol. The molecule has 0 saturated heterocycles. The first-order valence-corrected chi connectivity index (χ1v) is 4.63. The van der Waals surface area contributed by atoms with E-state index in [4.69, 9.17) is 0 Å². The van der Waals surface area contributed by atoms with Gasteiger partial charge in [-0.1, -0.05) is 13.8 Å². The van der Waals surface area contributed by atoms with Crippen LogP contribution in [0.15, 0.2) is 0 Å². The summed E-state index contributed by atoms with van der Waals surface area (Å²) in [5.41, 5.74) is 0. The molecule has 1 unspecified atom stereocenters. The fraction of sp³-hybridized carbons (Fsp3) is 0.889. The molecule has 0 aromatic rings. The van der Waals surface area contributed by atoms with Crippen LogP contribution in [0.5, 0.6) is 0 Å². The van der Waals surface area contributed by atoms with Gasteiger partial charge < -0.3 is 14.7 Å². The molecule has 0 aliphatic heterocycles. The first-order chi connectivity index (χ1) is 6.10. The second-order valence-electron chi connectivity index (χ2n) is 2.94. The number of hydrogen-bond acceptors (Lipinski definition) is 4. The van der Waals surface area contributed by atoms with Gasteiger partial charge in [0.2, 0.25) is 0 Å². The third-order valence-corrected chi connectivity index (χ3v) is 1.84. The van der Waals surface area contributed by atoms with Crippen molar-refractivity contribution in [3.8, 4) is 0 Å². The van der Waals surface area contributed by atoms with Gasteiger partial charge in [-0.25, -0.2) is 0 Å². The highest BCUT2D eigenvalue weighted by Crippen LogP contribution is 1.93. The molecule has 0 bridgehead atoms. The van der Waals surface area contributed by atoms with Gasteiger partial charge in [0.05, 0.1) is 0 Å². The number of carbonyl (C=O) groups is 1. The minimum atomic E-state index is -0.580. The molecule has 1 N–H and O–H groups in total. The van der Waals surface area contributed by atoms with Crippen LogP contribution in [-0.2, 0) is 9.53 Å². The van der Waals surface area contributed by atoms with Crippen molar-refractivity contribution in [3.05, 3.63) is 0 Å². The van der Waals surface area contributed by atoms with Crippen LogP contribution >= 0.6 is 0 Å². The molecule has 0 amide bonds. The van der Waals surface area contributed by atoms with E-state index in [9.17, 15) is 9.90 Å². The summed E-state index contributed by atoms with van der Waals surface area (Å²) in [6.45, 7) is 7.83. The van der Waals surface area contributed by atoms with Crippen LogP contribution in [-0.4, -0.2) is 48.3 Å². The van der Waals surface area contributed by atoms with Gasteiger partial charge in [0.25, 0.3) is 0 Å². The summed E-state index contributed by atoms with van der Waals surface area (Å²) in [5, 5.41) is 9.41. The molecule has 4 nitrogen and oxygen atoms in total. The summed E-state index contributed by atoms with van der Waals surface area (Å²) in [7, 11) is 0. The maximum atomic E-state index is 10.4. The van der Waals surface area contributed by atoms with E-state index < -0.39 is 6.10 Å². The van der Waals surface area contributed by atoms with Crippen molar-refractivity contribution in [2.75, 3.05) is 26.2 Å². The number of aliphatic hydroxyl groups excluding tert-OH is 1. The summed E-state index contributed by atoms with van der Waals surface area (Å²) in [6, 6.07) is 0. The van der Waals surface area contributed by atoms with Crippen LogP contribution in [0.2, 0.25) is 0 Å². The molecule has 0 saturated carbocycles. The Hall–Kier alpha value is -0.610. The van der Waals surface area contributed by atoms with Gasteiger partial charge >= 0.3 is 5.97 Å². The standard InChI is InChI=1S/C9H19NO3/c1-4-10(5-2)6-9(12)7-13-8(3)11/h9,12H,4-7H2,1-3H3. The van der Waals surface area contributed by atoms with Crippen molar-refractivity contribution in [2.45, 2.75) is 26.9 Å². The van der Waals surface area contributed by atoms with Gasteiger partial charge in [-0.2, -0.15) is 0 Å². The summed E-state index contributed by atoms with van der Waals surface area (Å²) >= 11 is 0. The molecule has 4 heteroatoms. The minimum Gasteiger partial charge on any atom is -0.463 e. The Morgan fingerprint density at radius 3 is 2.38 bits per heavy atom. The van der Waals surface area contributed by atoms with Crippen molar-refractivity contribution in [2.24, 2.45) is 0 Å². The number of esters is 1. The van der Waals surface area contributed by atoms with Crippen LogP contribution in [0.3, 0.4) is 0 Å². The van der Waals surface area contributed by atoms with E-state index in [1.54, 1.807) is 0 Å². The lowest BCUT2D eigenvalue weighted by molar-refractivity contribution is -0.144. The Labute approximate surface area is 79.5 Å². The number of nitrogens with zero attached hydrogens (tertiary/aromatic N) is 1. The van der Waals surface area contributed by atoms with Crippen LogP contribution in [0.25, 0.3) is 0 Å². The van der Waals surface area contributed by atoms with E-state index in [2.05, 4.69) is 9.64 Å². The fourth-order valence-corrected chi connectivity index (χ4v) is 1.05. The molecule has 13 heavy (non-hydrogen) atoms. The predicted octanol–water partition coefficient (Wildman–Crippen LogP) is 0.252. The van der Waals surface area contributed by atoms with Crippen molar-refractivity contribution in [1.82, 2.24) is 4.90 Å². The quantitative estimate of drug-likeness (QED) is 0.609. The number of rotatable bonds is 6. The lowest BCUT2D eigenvalue weighted by atomic mass is 10.3. The van der Waals surface area contributed by atoms with Crippen molar-refractivity contribution in [3.63, 3.8) is 0 Å². The topological polar surface area (TPSA) is 49.8 Å². The summed E-state index contributed by atoms with van der Waals surface area (Å²) in [6.07, 6.45) is -0.580. The van der Waals surface area contributed by atoms with Crippen molar-refractivity contribution >= 4 is 5.97 Å². The van der Waals surface area contributed by atoms with Crippen LogP contribution in [0.1, 0.15) is 20.8 Å². The average molecular weight is 189 g/mol. The molecule has 0 rings (SSSR count). The average Bonchev–Trinajstić information content (AvgIpc) is 2.10. The Bertz CT molecular complexity index is 146. The van der Waals surface area contributed by atoms with E-state index in [0.717, 1.165) is 13.1 Å². The van der Waals surface area contributed by atoms with E-state index in [-0.39, 0.29) is 12.6 Å². The molecule has 0 heterocycles. The van der Waals surface area contributed by atoms with Gasteiger partial charge in [0, 0.05) is 13.5 Å². The molecule has 0 radical (unpaired) electrons. The molecule has 0 fully saturated rings. The smallest absolute Gasteiger partial charge is 0.302 e. The van der Waals surface area contributed by atoms with Crippen LogP contribution < -0.4 is 0 Å². The third-order valence-electron chi connectivity index (χ3n) is 1.84. The van der Waals surface area contributed by atoms with E-state index in [0.29, 0.717) is 6.54 Å². The molecule has 0 aromatic carbocycles. The highest BCUT2D eigenvalue weighted by molar-refractivity contribution is 5.65. The predicted molar refractivity (Wildman–Crippen MR) is 50.4 cm³/mol. The summed E-state index contributed by atoms with van der Waals surface area (Å²) in [4.78, 5) is 12.5. The largest absolute Gasteiger partial charge is 0.463 e. The van der Waals surface area contributed by atoms with Crippen LogP contribution in [0.4, 0.5) is 0 Å². The molecule has 0 spiro atoms. The maximum absolute atomic E-state index is 10.4. The Balaban J connectivity index is 3.59. The summed E-state index contributed by atoms with van der Waals surface area (Å²) < 4.78 is 4.68. The maximum Gasteiger partial charge on any atom is 0.302 e. The van der Waals surface area contributed by atoms with Crippen molar-refractivity contribution < 1.29 is 14.6 Å². The zero-order valence-corrected chi connectivity index (χ0v) is 8.62. The van der Waals surface area contributed by atoms with Gasteiger partial charge in [-0.05, 0) is 13.1 Å². The molecule has 0 aliphatic carbocycles. The second-order valence-corrected chi connectivity index (χ2v) is 2.94. The van der Waals surface area contributed by atoms with E-state index in [1.807, 2.05) is 13.8 Å². The van der Waals surface area contributed by atoms with Crippen molar-refractivity contribution in [1.29, 1.82) is 0 Å². The lowest BCUT2D eigenvalue weighted by Crippen LogP contribution is -2.35. The Morgan fingerprint density at radius 1 is 1.46 bits per heavy atom. The molecule has 1 atom stereocenters. The zero-order chi connectivity index (χ0) is 10.3. The minimum absolute atomic E-state index is 0.0891. The first-order valence-electron chi connectivity index (χ1n) is 4.63. The molecular weight excluding hydrogens is 170 g/mol. The third kappa shape index (κ3) is 6.54. The van der Waals surface area contributed by atoms with E-state index in [1.165, 1.54) is 6.92 Å². The van der Waals surface area contributed by atoms with Gasteiger partial charge in [0.15, 0.2) is 0 Å². The molecule has 78 valence electrons. The Morgan fingerprint density at radius 2 is 2.00 bits per heavy atom. The Kier molecular flexibility index (Phi) is 6.54. The molecule has 0 aliphatic rings. The number of aliphatic hydroxyl groups is 1. The lowest BCUT2D eigenvalue weighted by Gasteiger charge is -2.21. The number of carbonyl (C=O) groups excluding carboxylic acids is 1. The van der Waals surface area contributed by atoms with E-state index >= 15 is 0 Å². The summed E-state index contributed by atoms with van der Waals surface area (Å²) in [5.74, 6) is -0.349. The number of likely N-dealkylation sites (N-methyl/N-ethyl adjacent to an activating group) is 1. The van der Waals surface area contributed by atoms with Gasteiger partial charge in [-0.3, -0.25) is 4.79 Å². The molecular formula is C9H19NO3. The highest BCUT2D eigenvalue weighted by atomic mass is 16.5. The zero-order valence-electron chi connectivity index (χ0n) is 8.62. The number of ether oxygens (including phenoxy) is 1. The highest BCUT2D eigenvalue weighted by Gasteiger charge is 2.09. The first kappa shape index (κ1) is 12.4.